The summed E-state index contributed by atoms with van der Waals surface area (Å²) in [5.41, 5.74) is 1.95. The lowest BCUT2D eigenvalue weighted by Crippen LogP contribution is -2.35. The van der Waals surface area contributed by atoms with Gasteiger partial charge in [0.25, 0.3) is 10.0 Å². The number of ketones is 1. The fraction of sp³-hybridized carbons (Fsp3) is 0.0800. The molecule has 4 aromatic rings. The third-order valence-electron chi connectivity index (χ3n) is 5.01. The van der Waals surface area contributed by atoms with Gasteiger partial charge >= 0.3 is 0 Å². The van der Waals surface area contributed by atoms with E-state index in [9.17, 15) is 13.2 Å². The van der Waals surface area contributed by atoms with Gasteiger partial charge in [-0.1, -0.05) is 72.3 Å². The van der Waals surface area contributed by atoms with Crippen molar-refractivity contribution in [3.63, 3.8) is 0 Å². The second-order valence-electron chi connectivity index (χ2n) is 7.15. The van der Waals surface area contributed by atoms with Gasteiger partial charge in [0.15, 0.2) is 5.78 Å². The monoisotopic (exact) mass is 415 g/mol. The first-order valence-electron chi connectivity index (χ1n) is 9.61. The highest BCUT2D eigenvalue weighted by molar-refractivity contribution is 7.92. The number of benzene rings is 4. The molecule has 0 saturated carbocycles. The fourth-order valence-electron chi connectivity index (χ4n) is 3.33. The predicted molar refractivity (Wildman–Crippen MR) is 120 cm³/mol. The molecule has 0 aliphatic heterocycles. The van der Waals surface area contributed by atoms with E-state index in [4.69, 9.17) is 0 Å². The van der Waals surface area contributed by atoms with E-state index in [1.165, 1.54) is 16.4 Å². The van der Waals surface area contributed by atoms with Crippen molar-refractivity contribution in [1.29, 1.82) is 0 Å². The summed E-state index contributed by atoms with van der Waals surface area (Å²) in [5, 5.41) is 1.97. The number of hydrogen-bond donors (Lipinski definition) is 0. The van der Waals surface area contributed by atoms with Crippen LogP contribution in [-0.2, 0) is 10.0 Å². The van der Waals surface area contributed by atoms with Crippen molar-refractivity contribution < 1.29 is 13.2 Å². The Morgan fingerprint density at radius 2 is 1.40 bits per heavy atom. The zero-order chi connectivity index (χ0) is 21.1. The summed E-state index contributed by atoms with van der Waals surface area (Å²) in [6.45, 7) is 1.65. The van der Waals surface area contributed by atoms with Gasteiger partial charge in [-0.3, -0.25) is 9.10 Å². The molecular formula is C25H21NO3S. The quantitative estimate of drug-likeness (QED) is 0.405. The molecule has 0 N–H and O–H groups in total. The van der Waals surface area contributed by atoms with Gasteiger partial charge in [0.2, 0.25) is 0 Å². The molecule has 5 heteroatoms. The Kier molecular flexibility index (Phi) is 5.38. The first-order chi connectivity index (χ1) is 14.4. The van der Waals surface area contributed by atoms with Crippen molar-refractivity contribution in [1.82, 2.24) is 0 Å². The zero-order valence-electron chi connectivity index (χ0n) is 16.5. The third kappa shape index (κ3) is 3.98. The third-order valence-corrected chi connectivity index (χ3v) is 6.80. The van der Waals surface area contributed by atoms with Crippen molar-refractivity contribution in [2.45, 2.75) is 11.8 Å². The van der Waals surface area contributed by atoms with Crippen LogP contribution >= 0.6 is 0 Å². The molecule has 0 amide bonds. The summed E-state index contributed by atoms with van der Waals surface area (Å²) in [5.74, 6) is -0.263. The van der Waals surface area contributed by atoms with Crippen molar-refractivity contribution in [3.05, 3.63) is 108 Å². The van der Waals surface area contributed by atoms with Crippen LogP contribution < -0.4 is 4.31 Å². The van der Waals surface area contributed by atoms with E-state index in [1.54, 1.807) is 42.5 Å². The Morgan fingerprint density at radius 1 is 0.767 bits per heavy atom. The Bertz CT molecular complexity index is 1300. The van der Waals surface area contributed by atoms with Crippen LogP contribution in [-0.4, -0.2) is 20.7 Å². The van der Waals surface area contributed by atoms with Crippen LogP contribution in [0.1, 0.15) is 15.9 Å². The minimum Gasteiger partial charge on any atom is -0.292 e. The maximum Gasteiger partial charge on any atom is 0.264 e. The molecule has 0 aliphatic carbocycles. The lowest BCUT2D eigenvalue weighted by atomic mass is 10.0. The molecule has 0 aromatic heterocycles. The molecule has 0 heterocycles. The van der Waals surface area contributed by atoms with Gasteiger partial charge in [0, 0.05) is 5.56 Å². The van der Waals surface area contributed by atoms with Crippen LogP contribution in [0.3, 0.4) is 0 Å². The Balaban J connectivity index is 1.73. The number of anilines is 1. The lowest BCUT2D eigenvalue weighted by molar-refractivity contribution is 0.100. The fourth-order valence-corrected chi connectivity index (χ4v) is 4.77. The molecule has 4 rings (SSSR count). The van der Waals surface area contributed by atoms with E-state index in [1.807, 2.05) is 49.4 Å². The van der Waals surface area contributed by atoms with Crippen LogP contribution in [0.4, 0.5) is 5.69 Å². The first-order valence-corrected chi connectivity index (χ1v) is 11.1. The highest BCUT2D eigenvalue weighted by atomic mass is 32.2. The van der Waals surface area contributed by atoms with Crippen LogP contribution in [0.25, 0.3) is 10.8 Å². The number of hydrogen-bond acceptors (Lipinski definition) is 3. The van der Waals surface area contributed by atoms with Gasteiger partial charge in [-0.05, 0) is 48.0 Å². The van der Waals surface area contributed by atoms with Crippen molar-refractivity contribution >= 4 is 32.3 Å². The molecule has 0 fully saturated rings. The number of fused-ring (bicyclic) bond motifs is 1. The molecule has 0 atom stereocenters. The maximum atomic E-state index is 13.4. The Morgan fingerprint density at radius 3 is 2.10 bits per heavy atom. The number of carbonyl (C=O) groups excluding carboxylic acids is 1. The second-order valence-corrected chi connectivity index (χ2v) is 9.01. The molecule has 0 spiro atoms. The van der Waals surface area contributed by atoms with Crippen molar-refractivity contribution in [2.75, 3.05) is 10.8 Å². The molecule has 0 radical (unpaired) electrons. The number of carbonyl (C=O) groups is 1. The maximum absolute atomic E-state index is 13.4. The minimum atomic E-state index is -3.90. The molecule has 0 bridgehead atoms. The van der Waals surface area contributed by atoms with Gasteiger partial charge in [0.05, 0.1) is 17.1 Å². The van der Waals surface area contributed by atoms with E-state index in [0.29, 0.717) is 11.3 Å². The average Bonchev–Trinajstić information content (AvgIpc) is 2.78. The van der Waals surface area contributed by atoms with Gasteiger partial charge in [0.1, 0.15) is 0 Å². The van der Waals surface area contributed by atoms with Crippen LogP contribution in [0, 0.1) is 6.92 Å². The van der Waals surface area contributed by atoms with Crippen LogP contribution in [0.5, 0.6) is 0 Å². The normalized spacial score (nSPS) is 11.4. The zero-order valence-corrected chi connectivity index (χ0v) is 17.3. The summed E-state index contributed by atoms with van der Waals surface area (Å²) >= 11 is 0. The summed E-state index contributed by atoms with van der Waals surface area (Å²) < 4.78 is 27.9. The van der Waals surface area contributed by atoms with Crippen LogP contribution in [0.15, 0.2) is 102 Å². The topological polar surface area (TPSA) is 54.5 Å². The van der Waals surface area contributed by atoms with E-state index in [0.717, 1.165) is 16.3 Å². The van der Waals surface area contributed by atoms with E-state index in [-0.39, 0.29) is 17.2 Å². The summed E-state index contributed by atoms with van der Waals surface area (Å²) in [6, 6.07) is 28.5. The molecule has 0 unspecified atom stereocenters. The molecular weight excluding hydrogens is 394 g/mol. The van der Waals surface area contributed by atoms with Gasteiger partial charge in [-0.2, -0.15) is 0 Å². The van der Waals surface area contributed by atoms with Gasteiger partial charge in [-0.15, -0.1) is 0 Å². The molecule has 0 saturated heterocycles. The number of rotatable bonds is 6. The second kappa shape index (κ2) is 8.13. The standard InChI is InChI=1S/C25H21NO3S/c1-19-11-15-23(16-12-19)26(30(28,29)24-9-3-2-4-10-24)18-25(27)22-14-13-20-7-5-6-8-21(20)17-22/h2-17H,18H2,1H3. The summed E-state index contributed by atoms with van der Waals surface area (Å²) in [7, 11) is -3.90. The highest BCUT2D eigenvalue weighted by Gasteiger charge is 2.27. The molecule has 150 valence electrons. The lowest BCUT2D eigenvalue weighted by Gasteiger charge is -2.24. The SMILES string of the molecule is Cc1ccc(N(CC(=O)c2ccc3ccccc3c2)S(=O)(=O)c2ccccc2)cc1. The van der Waals surface area contributed by atoms with E-state index >= 15 is 0 Å². The highest BCUT2D eigenvalue weighted by Crippen LogP contribution is 2.25. The van der Waals surface area contributed by atoms with E-state index < -0.39 is 10.0 Å². The van der Waals surface area contributed by atoms with Crippen LogP contribution in [0.2, 0.25) is 0 Å². The molecule has 4 aromatic carbocycles. The number of Topliss-reactive ketones (excluding diaryl/α,β-unsaturated/α-hetero) is 1. The number of aryl methyl sites for hydroxylation is 1. The first kappa shape index (κ1) is 19.9. The largest absolute Gasteiger partial charge is 0.292 e. The Labute approximate surface area is 176 Å². The summed E-state index contributed by atoms with van der Waals surface area (Å²) in [6.07, 6.45) is 0. The van der Waals surface area contributed by atoms with E-state index in [2.05, 4.69) is 0 Å². The summed E-state index contributed by atoms with van der Waals surface area (Å²) in [4.78, 5) is 13.3. The smallest absolute Gasteiger partial charge is 0.264 e. The van der Waals surface area contributed by atoms with Crippen molar-refractivity contribution in [3.8, 4) is 0 Å². The molecule has 0 aliphatic rings. The average molecular weight is 416 g/mol. The molecule has 30 heavy (non-hydrogen) atoms. The van der Waals surface area contributed by atoms with Crippen molar-refractivity contribution in [2.24, 2.45) is 0 Å². The Hall–Kier alpha value is -3.44. The predicted octanol–water partition coefficient (Wildman–Crippen LogP) is 5.23. The van der Waals surface area contributed by atoms with Gasteiger partial charge < -0.3 is 0 Å². The molecule has 4 nitrogen and oxygen atoms in total. The minimum absolute atomic E-state index is 0.150. The number of sulfonamides is 1. The van der Waals surface area contributed by atoms with Gasteiger partial charge in [-0.25, -0.2) is 8.42 Å². The number of nitrogens with zero attached hydrogens (tertiary/aromatic N) is 1.